The second-order valence-electron chi connectivity index (χ2n) is 5.46. The molecule has 1 aromatic rings. The van der Waals surface area contributed by atoms with Crippen molar-refractivity contribution in [3.63, 3.8) is 0 Å². The number of nitro groups is 1. The predicted molar refractivity (Wildman–Crippen MR) is 89.2 cm³/mol. The summed E-state index contributed by atoms with van der Waals surface area (Å²) in [5, 5.41) is 27.8. The van der Waals surface area contributed by atoms with Gasteiger partial charge in [-0.25, -0.2) is 0 Å². The highest BCUT2D eigenvalue weighted by Gasteiger charge is 2.20. The molecule has 0 radical (unpaired) electrons. The van der Waals surface area contributed by atoms with Crippen LogP contribution < -0.4 is 16.0 Å². The lowest BCUT2D eigenvalue weighted by Crippen LogP contribution is -2.36. The van der Waals surface area contributed by atoms with Crippen LogP contribution in [0, 0.1) is 27.4 Å². The average Bonchev–Trinajstić information content (AvgIpc) is 2.63. The molecule has 0 atom stereocenters. The third kappa shape index (κ3) is 5.12. The van der Waals surface area contributed by atoms with Crippen molar-refractivity contribution in [1.29, 1.82) is 5.26 Å². The normalized spacial score (nSPS) is 15.1. The minimum absolute atomic E-state index is 0.155. The van der Waals surface area contributed by atoms with Crippen LogP contribution in [0.1, 0.15) is 12.8 Å². The molecule has 0 unspecified atom stereocenters. The number of non-ortho nitro benzene ring substituents is 1. The number of carbonyl (C=O) groups is 2. The van der Waals surface area contributed by atoms with Gasteiger partial charge in [-0.05, 0) is 32.0 Å². The topological polar surface area (TPSA) is 137 Å². The van der Waals surface area contributed by atoms with E-state index in [1.807, 2.05) is 0 Å². The third-order valence-corrected chi connectivity index (χ3v) is 3.75. The minimum Gasteiger partial charge on any atom is -0.331 e. The molecule has 0 spiro atoms. The predicted octanol–water partition coefficient (Wildman–Crippen LogP) is 1.06. The Morgan fingerprint density at radius 3 is 2.72 bits per heavy atom. The summed E-state index contributed by atoms with van der Waals surface area (Å²) >= 11 is 0. The first-order chi connectivity index (χ1) is 12.0. The fourth-order valence-corrected chi connectivity index (χ4v) is 2.39. The van der Waals surface area contributed by atoms with Gasteiger partial charge in [0.05, 0.1) is 4.92 Å². The van der Waals surface area contributed by atoms with Gasteiger partial charge in [-0.3, -0.25) is 19.7 Å². The smallest absolute Gasteiger partial charge is 0.271 e. The molecule has 2 rings (SSSR count). The Kier molecular flexibility index (Phi) is 6.20. The zero-order chi connectivity index (χ0) is 18.2. The SMILES string of the molecule is N#C/C(=C/NC(=O)C1CCNCC1)C(=O)Nc1cccc([N+](=O)[O-])c1. The molecule has 1 aliphatic rings. The van der Waals surface area contributed by atoms with Crippen LogP contribution in [-0.4, -0.2) is 29.8 Å². The Morgan fingerprint density at radius 1 is 1.36 bits per heavy atom. The van der Waals surface area contributed by atoms with Crippen molar-refractivity contribution in [3.05, 3.63) is 46.2 Å². The summed E-state index contributed by atoms with van der Waals surface area (Å²) < 4.78 is 0. The monoisotopic (exact) mass is 343 g/mol. The molecular weight excluding hydrogens is 326 g/mol. The van der Waals surface area contributed by atoms with Crippen LogP contribution in [0.3, 0.4) is 0 Å². The van der Waals surface area contributed by atoms with Crippen molar-refractivity contribution < 1.29 is 14.5 Å². The van der Waals surface area contributed by atoms with E-state index in [-0.39, 0.29) is 28.8 Å². The largest absolute Gasteiger partial charge is 0.331 e. The molecule has 1 aromatic carbocycles. The highest BCUT2D eigenvalue weighted by atomic mass is 16.6. The Bertz CT molecular complexity index is 747. The molecule has 1 fully saturated rings. The lowest BCUT2D eigenvalue weighted by atomic mass is 9.97. The summed E-state index contributed by atoms with van der Waals surface area (Å²) in [6.45, 7) is 1.50. The number of nitrogens with zero attached hydrogens (tertiary/aromatic N) is 2. The second kappa shape index (κ2) is 8.56. The van der Waals surface area contributed by atoms with Crippen molar-refractivity contribution in [1.82, 2.24) is 10.6 Å². The van der Waals surface area contributed by atoms with Gasteiger partial charge in [0.2, 0.25) is 5.91 Å². The van der Waals surface area contributed by atoms with Gasteiger partial charge in [0.1, 0.15) is 11.6 Å². The summed E-state index contributed by atoms with van der Waals surface area (Å²) in [6, 6.07) is 7.06. The van der Waals surface area contributed by atoms with Crippen LogP contribution in [0.5, 0.6) is 0 Å². The third-order valence-electron chi connectivity index (χ3n) is 3.75. The molecule has 0 aliphatic carbocycles. The van der Waals surface area contributed by atoms with E-state index in [0.717, 1.165) is 19.3 Å². The summed E-state index contributed by atoms with van der Waals surface area (Å²) in [4.78, 5) is 34.2. The first-order valence-electron chi connectivity index (χ1n) is 7.68. The van der Waals surface area contributed by atoms with Crippen LogP contribution in [-0.2, 0) is 9.59 Å². The first kappa shape index (κ1) is 18.1. The van der Waals surface area contributed by atoms with Gasteiger partial charge in [0.15, 0.2) is 0 Å². The van der Waals surface area contributed by atoms with Crippen molar-refractivity contribution in [2.24, 2.45) is 5.92 Å². The average molecular weight is 343 g/mol. The van der Waals surface area contributed by atoms with E-state index < -0.39 is 10.8 Å². The van der Waals surface area contributed by atoms with Crippen LogP contribution >= 0.6 is 0 Å². The minimum atomic E-state index is -0.756. The van der Waals surface area contributed by atoms with E-state index in [1.54, 1.807) is 6.07 Å². The first-order valence-corrected chi connectivity index (χ1v) is 7.68. The van der Waals surface area contributed by atoms with Crippen LogP contribution in [0.25, 0.3) is 0 Å². The van der Waals surface area contributed by atoms with Crippen molar-refractivity contribution in [2.75, 3.05) is 18.4 Å². The van der Waals surface area contributed by atoms with E-state index in [2.05, 4.69) is 16.0 Å². The number of hydrogen-bond acceptors (Lipinski definition) is 6. The highest BCUT2D eigenvalue weighted by Crippen LogP contribution is 2.17. The summed E-state index contributed by atoms with van der Waals surface area (Å²) in [7, 11) is 0. The number of anilines is 1. The van der Waals surface area contributed by atoms with Crippen molar-refractivity contribution in [2.45, 2.75) is 12.8 Å². The Morgan fingerprint density at radius 2 is 2.08 bits per heavy atom. The number of rotatable bonds is 5. The number of nitro benzene ring substituents is 1. The molecule has 9 heteroatoms. The van der Waals surface area contributed by atoms with E-state index in [1.165, 1.54) is 24.3 Å². The number of piperidine rings is 1. The molecule has 3 N–H and O–H groups in total. The van der Waals surface area contributed by atoms with Crippen LogP contribution in [0.2, 0.25) is 0 Å². The summed E-state index contributed by atoms with van der Waals surface area (Å²) in [5.74, 6) is -1.15. The van der Waals surface area contributed by atoms with Crippen molar-refractivity contribution >= 4 is 23.2 Å². The molecule has 9 nitrogen and oxygen atoms in total. The van der Waals surface area contributed by atoms with E-state index >= 15 is 0 Å². The molecule has 1 saturated heterocycles. The maximum absolute atomic E-state index is 12.1. The molecule has 0 bridgehead atoms. The number of amides is 2. The van der Waals surface area contributed by atoms with Gasteiger partial charge in [-0.2, -0.15) is 5.26 Å². The molecular formula is C16H17N5O4. The molecule has 2 amide bonds. The lowest BCUT2D eigenvalue weighted by Gasteiger charge is -2.20. The fraction of sp³-hybridized carbons (Fsp3) is 0.312. The number of benzene rings is 1. The van der Waals surface area contributed by atoms with Gasteiger partial charge < -0.3 is 16.0 Å². The Hall–Kier alpha value is -3.25. The molecule has 0 saturated carbocycles. The Labute approximate surface area is 143 Å². The second-order valence-corrected chi connectivity index (χ2v) is 5.46. The van der Waals surface area contributed by atoms with Crippen LogP contribution in [0.15, 0.2) is 36.0 Å². The summed E-state index contributed by atoms with van der Waals surface area (Å²) in [6.07, 6.45) is 2.46. The quantitative estimate of drug-likeness (QED) is 0.316. The summed E-state index contributed by atoms with van der Waals surface area (Å²) in [5.41, 5.74) is -0.293. The van der Waals surface area contributed by atoms with Crippen LogP contribution in [0.4, 0.5) is 11.4 Å². The van der Waals surface area contributed by atoms with Gasteiger partial charge in [-0.15, -0.1) is 0 Å². The van der Waals surface area contributed by atoms with Crippen molar-refractivity contribution in [3.8, 4) is 6.07 Å². The fourth-order valence-electron chi connectivity index (χ4n) is 2.39. The van der Waals surface area contributed by atoms with Gasteiger partial charge in [0, 0.05) is 29.9 Å². The number of hydrogen-bond donors (Lipinski definition) is 3. The highest BCUT2D eigenvalue weighted by molar-refractivity contribution is 6.06. The standard InChI is InChI=1S/C16H17N5O4/c17-9-12(10-19-15(22)11-4-6-18-7-5-11)16(23)20-13-2-1-3-14(8-13)21(24)25/h1-3,8,10-11,18H,4-7H2,(H,19,22)(H,20,23)/b12-10-. The lowest BCUT2D eigenvalue weighted by molar-refractivity contribution is -0.384. The zero-order valence-electron chi connectivity index (χ0n) is 13.3. The number of carbonyl (C=O) groups excluding carboxylic acids is 2. The van der Waals surface area contributed by atoms with E-state index in [0.29, 0.717) is 12.8 Å². The molecule has 1 aliphatic heterocycles. The molecule has 130 valence electrons. The van der Waals surface area contributed by atoms with E-state index in [4.69, 9.17) is 5.26 Å². The van der Waals surface area contributed by atoms with Gasteiger partial charge in [0.25, 0.3) is 11.6 Å². The number of nitriles is 1. The molecule has 1 heterocycles. The zero-order valence-corrected chi connectivity index (χ0v) is 13.3. The van der Waals surface area contributed by atoms with E-state index in [9.17, 15) is 19.7 Å². The van der Waals surface area contributed by atoms with Gasteiger partial charge in [-0.1, -0.05) is 6.07 Å². The van der Waals surface area contributed by atoms with Gasteiger partial charge >= 0.3 is 0 Å². The maximum atomic E-state index is 12.1. The molecule has 25 heavy (non-hydrogen) atoms. The maximum Gasteiger partial charge on any atom is 0.271 e. The molecule has 0 aromatic heterocycles. The number of nitrogens with one attached hydrogen (secondary N) is 3. The Balaban J connectivity index is 2.00.